The van der Waals surface area contributed by atoms with Crippen LogP contribution in [0.15, 0.2) is 53.0 Å². The highest BCUT2D eigenvalue weighted by Crippen LogP contribution is 2.36. The quantitative estimate of drug-likeness (QED) is 0.330. The molecule has 0 radical (unpaired) electrons. The van der Waals surface area contributed by atoms with Gasteiger partial charge in [-0.1, -0.05) is 17.7 Å². The van der Waals surface area contributed by atoms with Crippen molar-refractivity contribution in [1.29, 1.82) is 0 Å². The van der Waals surface area contributed by atoms with E-state index >= 15 is 0 Å². The van der Waals surface area contributed by atoms with Crippen molar-refractivity contribution in [2.45, 2.75) is 6.18 Å². The normalized spacial score (nSPS) is 16.3. The van der Waals surface area contributed by atoms with Gasteiger partial charge in [0.15, 0.2) is 5.11 Å². The van der Waals surface area contributed by atoms with Crippen LogP contribution in [0, 0.1) is 0 Å². The average Bonchev–Trinajstić information content (AvgIpc) is 3.10. The number of hydrogen-bond donors (Lipinski definition) is 1. The number of thiocarbonyl (C=S) groups is 1. The minimum Gasteiger partial charge on any atom is -0.457 e. The predicted molar refractivity (Wildman–Crippen MR) is 105 cm³/mol. The first-order valence-electron chi connectivity index (χ1n) is 8.08. The maximum Gasteiger partial charge on any atom is 0.416 e. The Morgan fingerprint density at radius 2 is 1.97 bits per heavy atom. The van der Waals surface area contributed by atoms with Gasteiger partial charge < -0.3 is 4.42 Å². The van der Waals surface area contributed by atoms with Crippen molar-refractivity contribution in [2.24, 2.45) is 0 Å². The molecule has 1 N–H and O–H groups in total. The molecule has 0 spiro atoms. The van der Waals surface area contributed by atoms with Gasteiger partial charge in [-0.3, -0.25) is 19.8 Å². The molecule has 1 aliphatic heterocycles. The SMILES string of the molecule is C=CCN1C(=O)C(=Cc2ccc(-c3cc(C(F)(F)F)ccc3Cl)o2)C(=O)NC1=S. The van der Waals surface area contributed by atoms with Crippen LogP contribution >= 0.6 is 23.8 Å². The fraction of sp³-hybridized carbons (Fsp3) is 0.105. The number of amides is 2. The molecule has 5 nitrogen and oxygen atoms in total. The van der Waals surface area contributed by atoms with E-state index in [0.29, 0.717) is 0 Å². The highest BCUT2D eigenvalue weighted by Gasteiger charge is 2.33. The van der Waals surface area contributed by atoms with Gasteiger partial charge in [0.1, 0.15) is 17.1 Å². The van der Waals surface area contributed by atoms with E-state index in [2.05, 4.69) is 11.9 Å². The first-order valence-corrected chi connectivity index (χ1v) is 8.87. The fourth-order valence-electron chi connectivity index (χ4n) is 2.60. The molecule has 3 rings (SSSR count). The van der Waals surface area contributed by atoms with Gasteiger partial charge in [0.25, 0.3) is 11.8 Å². The van der Waals surface area contributed by atoms with Crippen molar-refractivity contribution < 1.29 is 27.2 Å². The average molecular weight is 441 g/mol. The summed E-state index contributed by atoms with van der Waals surface area (Å²) in [7, 11) is 0. The summed E-state index contributed by atoms with van der Waals surface area (Å²) in [4.78, 5) is 25.8. The monoisotopic (exact) mass is 440 g/mol. The molecule has 1 saturated heterocycles. The molecular weight excluding hydrogens is 429 g/mol. The van der Waals surface area contributed by atoms with Crippen molar-refractivity contribution in [1.82, 2.24) is 10.2 Å². The number of hydrogen-bond acceptors (Lipinski definition) is 4. The van der Waals surface area contributed by atoms with E-state index in [1.807, 2.05) is 0 Å². The molecule has 2 amide bonds. The van der Waals surface area contributed by atoms with Crippen molar-refractivity contribution >= 4 is 46.8 Å². The summed E-state index contributed by atoms with van der Waals surface area (Å²) in [5, 5.41) is 2.39. The lowest BCUT2D eigenvalue weighted by atomic mass is 10.1. The lowest BCUT2D eigenvalue weighted by Gasteiger charge is -2.27. The lowest BCUT2D eigenvalue weighted by molar-refractivity contribution is -0.137. The molecule has 0 atom stereocenters. The summed E-state index contributed by atoms with van der Waals surface area (Å²) in [6.07, 6.45) is -1.92. The number of rotatable bonds is 4. The molecule has 0 bridgehead atoms. The Morgan fingerprint density at radius 3 is 2.62 bits per heavy atom. The van der Waals surface area contributed by atoms with Crippen molar-refractivity contribution in [3.8, 4) is 11.3 Å². The number of carbonyl (C=O) groups is 2. The zero-order chi connectivity index (χ0) is 21.3. The van der Waals surface area contributed by atoms with Crippen LogP contribution in [-0.4, -0.2) is 28.4 Å². The molecule has 1 fully saturated rings. The van der Waals surface area contributed by atoms with Gasteiger partial charge in [-0.2, -0.15) is 13.2 Å². The van der Waals surface area contributed by atoms with Crippen LogP contribution < -0.4 is 5.32 Å². The summed E-state index contributed by atoms with van der Waals surface area (Å²) in [5.74, 6) is -1.22. The van der Waals surface area contributed by atoms with Crippen LogP contribution in [0.3, 0.4) is 0 Å². The first-order chi connectivity index (χ1) is 13.6. The largest absolute Gasteiger partial charge is 0.457 e. The molecule has 2 aromatic rings. The van der Waals surface area contributed by atoms with Crippen molar-refractivity contribution in [3.63, 3.8) is 0 Å². The second kappa shape index (κ2) is 7.84. The molecule has 29 heavy (non-hydrogen) atoms. The Labute approximate surface area is 173 Å². The van der Waals surface area contributed by atoms with E-state index in [0.717, 1.165) is 23.1 Å². The first kappa shape index (κ1) is 20.8. The van der Waals surface area contributed by atoms with Crippen LogP contribution in [0.5, 0.6) is 0 Å². The molecule has 0 saturated carbocycles. The standard InChI is InChI=1S/C19H12ClF3N2O3S/c1-2-7-25-17(27)13(16(26)24-18(25)29)9-11-4-6-15(28-11)12-8-10(19(21,22)23)3-5-14(12)20/h2-6,8-9H,1,7H2,(H,24,26,29). The maximum absolute atomic E-state index is 13.0. The third-order valence-electron chi connectivity index (χ3n) is 3.97. The number of carbonyl (C=O) groups excluding carboxylic acids is 2. The predicted octanol–water partition coefficient (Wildman–Crippen LogP) is 4.43. The highest BCUT2D eigenvalue weighted by molar-refractivity contribution is 7.80. The van der Waals surface area contributed by atoms with E-state index in [1.165, 1.54) is 24.3 Å². The summed E-state index contributed by atoms with van der Waals surface area (Å²) in [6, 6.07) is 5.64. The zero-order valence-corrected chi connectivity index (χ0v) is 16.1. The zero-order valence-electron chi connectivity index (χ0n) is 14.5. The lowest BCUT2D eigenvalue weighted by Crippen LogP contribution is -2.53. The Morgan fingerprint density at radius 1 is 1.24 bits per heavy atom. The van der Waals surface area contributed by atoms with Crippen LogP contribution in [0.1, 0.15) is 11.3 Å². The maximum atomic E-state index is 13.0. The third-order valence-corrected chi connectivity index (χ3v) is 4.62. The third kappa shape index (κ3) is 4.25. The van der Waals surface area contributed by atoms with Gasteiger partial charge in [0.05, 0.1) is 10.6 Å². The number of furan rings is 1. The van der Waals surface area contributed by atoms with E-state index in [9.17, 15) is 22.8 Å². The molecule has 150 valence electrons. The van der Waals surface area contributed by atoms with Crippen LogP contribution in [0.25, 0.3) is 17.4 Å². The summed E-state index contributed by atoms with van der Waals surface area (Å²) < 4.78 is 44.4. The van der Waals surface area contributed by atoms with Crippen molar-refractivity contribution in [2.75, 3.05) is 6.54 Å². The number of benzene rings is 1. The van der Waals surface area contributed by atoms with Gasteiger partial charge >= 0.3 is 6.18 Å². The Kier molecular flexibility index (Phi) is 5.63. The van der Waals surface area contributed by atoms with Gasteiger partial charge in [-0.15, -0.1) is 6.58 Å². The van der Waals surface area contributed by atoms with E-state index in [4.69, 9.17) is 28.2 Å². The van der Waals surface area contributed by atoms with E-state index in [1.54, 1.807) is 0 Å². The van der Waals surface area contributed by atoms with Gasteiger partial charge in [0.2, 0.25) is 0 Å². The smallest absolute Gasteiger partial charge is 0.416 e. The highest BCUT2D eigenvalue weighted by atomic mass is 35.5. The number of halogens is 4. The van der Waals surface area contributed by atoms with Crippen LogP contribution in [0.4, 0.5) is 13.2 Å². The molecule has 2 heterocycles. The number of nitrogens with one attached hydrogen (secondary N) is 1. The number of alkyl halides is 3. The minimum atomic E-state index is -4.55. The molecular formula is C19H12ClF3N2O3S. The van der Waals surface area contributed by atoms with Crippen LogP contribution in [0.2, 0.25) is 5.02 Å². The Balaban J connectivity index is 1.96. The molecule has 1 aliphatic rings. The minimum absolute atomic E-state index is 0.0278. The summed E-state index contributed by atoms with van der Waals surface area (Å²) >= 11 is 11.0. The van der Waals surface area contributed by atoms with Crippen LogP contribution in [-0.2, 0) is 15.8 Å². The molecule has 1 aromatic heterocycles. The molecule has 10 heteroatoms. The van der Waals surface area contributed by atoms with Gasteiger partial charge in [-0.25, -0.2) is 0 Å². The van der Waals surface area contributed by atoms with Crippen molar-refractivity contribution in [3.05, 3.63) is 64.9 Å². The summed E-state index contributed by atoms with van der Waals surface area (Å²) in [6.45, 7) is 3.62. The molecule has 0 unspecified atom stereocenters. The second-order valence-electron chi connectivity index (χ2n) is 5.92. The van der Waals surface area contributed by atoms with E-state index < -0.39 is 23.6 Å². The Hall–Kier alpha value is -2.91. The molecule has 0 aliphatic carbocycles. The van der Waals surface area contributed by atoms with Gasteiger partial charge in [-0.05, 0) is 48.6 Å². The summed E-state index contributed by atoms with van der Waals surface area (Å²) in [5.41, 5.74) is -1.10. The Bertz CT molecular complexity index is 1060. The van der Waals surface area contributed by atoms with E-state index in [-0.39, 0.29) is 39.3 Å². The second-order valence-corrected chi connectivity index (χ2v) is 6.71. The topological polar surface area (TPSA) is 62.6 Å². The number of nitrogens with zero attached hydrogens (tertiary/aromatic N) is 1. The fourth-order valence-corrected chi connectivity index (χ4v) is 3.06. The van der Waals surface area contributed by atoms with Gasteiger partial charge in [0, 0.05) is 12.1 Å². The molecule has 1 aromatic carbocycles.